The molecule has 2 heterocycles. The number of ether oxygens (including phenoxy) is 1. The Morgan fingerprint density at radius 2 is 2.05 bits per heavy atom. The second kappa shape index (κ2) is 5.09. The largest absolute Gasteiger partial charge is 0.382 e. The standard InChI is InChI=1S/C15H18N4O/c1-3-8-19-12(9-20-2)18-13-14(19)10-6-4-5-7-11(10)17-15(13)16/h4-7H,3,8-9H2,1-2H3,(H2,16,17). The van der Waals surface area contributed by atoms with Crippen molar-refractivity contribution in [2.24, 2.45) is 0 Å². The van der Waals surface area contributed by atoms with Crippen LogP contribution in [0.1, 0.15) is 19.2 Å². The number of nitrogens with two attached hydrogens (primary N) is 1. The van der Waals surface area contributed by atoms with E-state index in [0.717, 1.165) is 40.7 Å². The SMILES string of the molecule is CCCn1c(COC)nc2c(N)nc3ccccc3c21. The van der Waals surface area contributed by atoms with E-state index in [1.807, 2.05) is 18.2 Å². The first-order valence-electron chi connectivity index (χ1n) is 6.78. The van der Waals surface area contributed by atoms with Crippen LogP contribution in [0.5, 0.6) is 0 Å². The fraction of sp³-hybridized carbons (Fsp3) is 0.333. The van der Waals surface area contributed by atoms with Crippen molar-refractivity contribution in [2.75, 3.05) is 12.8 Å². The predicted molar refractivity (Wildman–Crippen MR) is 80.5 cm³/mol. The van der Waals surface area contributed by atoms with Crippen LogP contribution < -0.4 is 5.73 Å². The van der Waals surface area contributed by atoms with Crippen molar-refractivity contribution in [3.05, 3.63) is 30.1 Å². The topological polar surface area (TPSA) is 66.0 Å². The monoisotopic (exact) mass is 270 g/mol. The van der Waals surface area contributed by atoms with Crippen LogP contribution in [-0.2, 0) is 17.9 Å². The van der Waals surface area contributed by atoms with E-state index in [2.05, 4.69) is 27.5 Å². The fourth-order valence-corrected chi connectivity index (χ4v) is 2.61. The zero-order valence-electron chi connectivity index (χ0n) is 11.8. The van der Waals surface area contributed by atoms with Crippen LogP contribution in [0.4, 0.5) is 5.82 Å². The van der Waals surface area contributed by atoms with Crippen LogP contribution >= 0.6 is 0 Å². The molecule has 0 unspecified atom stereocenters. The van der Waals surface area contributed by atoms with Crippen molar-refractivity contribution in [1.29, 1.82) is 0 Å². The average molecular weight is 270 g/mol. The van der Waals surface area contributed by atoms with Gasteiger partial charge in [0.2, 0.25) is 0 Å². The van der Waals surface area contributed by atoms with Gasteiger partial charge in [-0.05, 0) is 12.5 Å². The highest BCUT2D eigenvalue weighted by Crippen LogP contribution is 2.29. The third kappa shape index (κ3) is 1.91. The molecular formula is C15H18N4O. The molecule has 5 heteroatoms. The molecule has 1 aromatic carbocycles. The summed E-state index contributed by atoms with van der Waals surface area (Å²) >= 11 is 0. The van der Waals surface area contributed by atoms with Gasteiger partial charge < -0.3 is 15.0 Å². The van der Waals surface area contributed by atoms with Gasteiger partial charge in [-0.25, -0.2) is 9.97 Å². The number of hydrogen-bond donors (Lipinski definition) is 1. The number of methoxy groups -OCH3 is 1. The van der Waals surface area contributed by atoms with Gasteiger partial charge in [0.25, 0.3) is 0 Å². The summed E-state index contributed by atoms with van der Waals surface area (Å²) in [6.07, 6.45) is 1.03. The number of pyridine rings is 1. The van der Waals surface area contributed by atoms with Crippen LogP contribution in [0, 0.1) is 0 Å². The van der Waals surface area contributed by atoms with Gasteiger partial charge in [0.15, 0.2) is 5.82 Å². The molecule has 0 saturated heterocycles. The van der Waals surface area contributed by atoms with Crippen LogP contribution in [0.15, 0.2) is 24.3 Å². The predicted octanol–water partition coefficient (Wildman–Crippen LogP) is 2.72. The van der Waals surface area contributed by atoms with E-state index in [1.54, 1.807) is 7.11 Å². The molecule has 0 spiro atoms. The summed E-state index contributed by atoms with van der Waals surface area (Å²) < 4.78 is 7.45. The number of nitrogens with zero attached hydrogens (tertiary/aromatic N) is 3. The normalized spacial score (nSPS) is 11.5. The maximum absolute atomic E-state index is 6.07. The van der Waals surface area contributed by atoms with Crippen LogP contribution in [0.3, 0.4) is 0 Å². The van der Waals surface area contributed by atoms with Crippen molar-refractivity contribution in [3.63, 3.8) is 0 Å². The van der Waals surface area contributed by atoms with E-state index in [9.17, 15) is 0 Å². The lowest BCUT2D eigenvalue weighted by atomic mass is 10.2. The Morgan fingerprint density at radius 1 is 1.25 bits per heavy atom. The summed E-state index contributed by atoms with van der Waals surface area (Å²) in [4.78, 5) is 9.06. The Balaban J connectivity index is 2.42. The maximum atomic E-state index is 6.07. The van der Waals surface area contributed by atoms with Crippen molar-refractivity contribution < 1.29 is 4.74 Å². The van der Waals surface area contributed by atoms with Crippen molar-refractivity contribution >= 4 is 27.8 Å². The molecule has 3 aromatic rings. The van der Waals surface area contributed by atoms with Crippen LogP contribution in [0.25, 0.3) is 21.9 Å². The quantitative estimate of drug-likeness (QED) is 0.791. The molecule has 5 nitrogen and oxygen atoms in total. The number of rotatable bonds is 4. The third-order valence-electron chi connectivity index (χ3n) is 3.41. The summed E-state index contributed by atoms with van der Waals surface area (Å²) in [7, 11) is 1.68. The van der Waals surface area contributed by atoms with Gasteiger partial charge in [0.05, 0.1) is 11.0 Å². The minimum absolute atomic E-state index is 0.475. The Morgan fingerprint density at radius 3 is 2.80 bits per heavy atom. The first-order chi connectivity index (χ1) is 9.76. The lowest BCUT2D eigenvalue weighted by Crippen LogP contribution is -2.04. The highest BCUT2D eigenvalue weighted by Gasteiger charge is 2.16. The molecule has 0 aliphatic carbocycles. The molecule has 0 saturated carbocycles. The first-order valence-corrected chi connectivity index (χ1v) is 6.78. The summed E-state index contributed by atoms with van der Waals surface area (Å²) in [6.45, 7) is 3.51. The summed E-state index contributed by atoms with van der Waals surface area (Å²) in [5, 5.41) is 1.08. The molecule has 104 valence electrons. The summed E-state index contributed by atoms with van der Waals surface area (Å²) in [6, 6.07) is 8.02. The molecule has 0 bridgehead atoms. The van der Waals surface area contributed by atoms with E-state index < -0.39 is 0 Å². The Hall–Kier alpha value is -2.14. The second-order valence-corrected chi connectivity index (χ2v) is 4.82. The van der Waals surface area contributed by atoms with Crippen molar-refractivity contribution in [1.82, 2.24) is 14.5 Å². The molecule has 0 amide bonds. The number of imidazole rings is 1. The molecule has 20 heavy (non-hydrogen) atoms. The number of fused-ring (bicyclic) bond motifs is 3. The third-order valence-corrected chi connectivity index (χ3v) is 3.41. The molecule has 0 fully saturated rings. The highest BCUT2D eigenvalue weighted by atomic mass is 16.5. The second-order valence-electron chi connectivity index (χ2n) is 4.82. The maximum Gasteiger partial charge on any atom is 0.152 e. The zero-order chi connectivity index (χ0) is 14.1. The lowest BCUT2D eigenvalue weighted by molar-refractivity contribution is 0.174. The molecule has 0 atom stereocenters. The number of para-hydroxylation sites is 1. The van der Waals surface area contributed by atoms with Crippen molar-refractivity contribution in [3.8, 4) is 0 Å². The fourth-order valence-electron chi connectivity index (χ4n) is 2.61. The minimum Gasteiger partial charge on any atom is -0.382 e. The van der Waals surface area contributed by atoms with Gasteiger partial charge in [0, 0.05) is 19.0 Å². The molecule has 0 aliphatic heterocycles. The Kier molecular flexibility index (Phi) is 3.28. The number of aromatic nitrogens is 3. The first kappa shape index (κ1) is 12.9. The van der Waals surface area contributed by atoms with Gasteiger partial charge in [-0.1, -0.05) is 25.1 Å². The van der Waals surface area contributed by atoms with Gasteiger partial charge in [0.1, 0.15) is 17.9 Å². The minimum atomic E-state index is 0.475. The summed E-state index contributed by atoms with van der Waals surface area (Å²) in [5.74, 6) is 1.38. The Bertz CT molecular complexity index is 763. The molecule has 0 radical (unpaired) electrons. The van der Waals surface area contributed by atoms with E-state index in [4.69, 9.17) is 10.5 Å². The highest BCUT2D eigenvalue weighted by molar-refractivity contribution is 6.06. The van der Waals surface area contributed by atoms with Gasteiger partial charge in [-0.3, -0.25) is 0 Å². The van der Waals surface area contributed by atoms with E-state index in [0.29, 0.717) is 12.4 Å². The van der Waals surface area contributed by atoms with Crippen LogP contribution in [0.2, 0.25) is 0 Å². The van der Waals surface area contributed by atoms with E-state index >= 15 is 0 Å². The Labute approximate surface area is 117 Å². The van der Waals surface area contributed by atoms with Gasteiger partial charge in [-0.15, -0.1) is 0 Å². The zero-order valence-corrected chi connectivity index (χ0v) is 11.8. The molecule has 2 N–H and O–H groups in total. The van der Waals surface area contributed by atoms with E-state index in [-0.39, 0.29) is 0 Å². The smallest absolute Gasteiger partial charge is 0.152 e. The summed E-state index contributed by atoms with van der Waals surface area (Å²) in [5.41, 5.74) is 8.80. The number of hydrogen-bond acceptors (Lipinski definition) is 4. The average Bonchev–Trinajstić information content (AvgIpc) is 2.80. The number of aryl methyl sites for hydroxylation is 1. The lowest BCUT2D eigenvalue weighted by Gasteiger charge is -2.09. The number of nitrogen functional groups attached to an aromatic ring is 1. The molecule has 0 aliphatic rings. The van der Waals surface area contributed by atoms with Gasteiger partial charge in [-0.2, -0.15) is 0 Å². The molecule has 3 rings (SSSR count). The van der Waals surface area contributed by atoms with Gasteiger partial charge >= 0.3 is 0 Å². The number of benzene rings is 1. The van der Waals surface area contributed by atoms with E-state index in [1.165, 1.54) is 0 Å². The van der Waals surface area contributed by atoms with Crippen LogP contribution in [-0.4, -0.2) is 21.6 Å². The number of anilines is 1. The van der Waals surface area contributed by atoms with Crippen molar-refractivity contribution in [2.45, 2.75) is 26.5 Å². The molecule has 2 aromatic heterocycles. The molecular weight excluding hydrogens is 252 g/mol.